The zero-order valence-corrected chi connectivity index (χ0v) is 8.45. The first-order valence-electron chi connectivity index (χ1n) is 4.29. The molecule has 0 amide bonds. The molecule has 0 saturated heterocycles. The SMILES string of the molecule is COc1cc(C)c(F)cc1C=CC(=O)O. The number of carboxylic acid groups (broad SMARTS) is 1. The quantitative estimate of drug-likeness (QED) is 0.778. The highest BCUT2D eigenvalue weighted by molar-refractivity contribution is 5.85. The Morgan fingerprint density at radius 3 is 2.73 bits per heavy atom. The minimum absolute atomic E-state index is 0.388. The fraction of sp³-hybridized carbons (Fsp3) is 0.182. The van der Waals surface area contributed by atoms with Crippen molar-refractivity contribution in [3.63, 3.8) is 0 Å². The van der Waals surface area contributed by atoms with Gasteiger partial charge in [0.2, 0.25) is 0 Å². The van der Waals surface area contributed by atoms with Gasteiger partial charge in [-0.3, -0.25) is 0 Å². The zero-order valence-electron chi connectivity index (χ0n) is 8.45. The molecule has 0 aliphatic rings. The summed E-state index contributed by atoms with van der Waals surface area (Å²) >= 11 is 0. The smallest absolute Gasteiger partial charge is 0.328 e. The van der Waals surface area contributed by atoms with E-state index in [2.05, 4.69) is 0 Å². The first kappa shape index (κ1) is 11.2. The summed E-state index contributed by atoms with van der Waals surface area (Å²) in [6, 6.07) is 2.77. The fourth-order valence-corrected chi connectivity index (χ4v) is 1.14. The van der Waals surface area contributed by atoms with Crippen LogP contribution in [0.1, 0.15) is 11.1 Å². The highest BCUT2D eigenvalue weighted by Gasteiger charge is 2.05. The third kappa shape index (κ3) is 2.80. The highest BCUT2D eigenvalue weighted by atomic mass is 19.1. The van der Waals surface area contributed by atoms with Gasteiger partial charge in [0, 0.05) is 11.6 Å². The van der Waals surface area contributed by atoms with Gasteiger partial charge in [-0.2, -0.15) is 0 Å². The lowest BCUT2D eigenvalue weighted by atomic mass is 10.1. The minimum Gasteiger partial charge on any atom is -0.496 e. The van der Waals surface area contributed by atoms with E-state index in [-0.39, 0.29) is 5.82 Å². The predicted octanol–water partition coefficient (Wildman–Crippen LogP) is 2.24. The van der Waals surface area contributed by atoms with Crippen LogP contribution in [0.2, 0.25) is 0 Å². The monoisotopic (exact) mass is 210 g/mol. The Labute approximate surface area is 86.8 Å². The fourth-order valence-electron chi connectivity index (χ4n) is 1.14. The van der Waals surface area contributed by atoms with Crippen LogP contribution >= 0.6 is 0 Å². The average Bonchev–Trinajstić information content (AvgIpc) is 2.19. The van der Waals surface area contributed by atoms with Crippen molar-refractivity contribution in [2.24, 2.45) is 0 Å². The maximum Gasteiger partial charge on any atom is 0.328 e. The predicted molar refractivity (Wildman–Crippen MR) is 54.4 cm³/mol. The largest absolute Gasteiger partial charge is 0.496 e. The van der Waals surface area contributed by atoms with E-state index in [1.165, 1.54) is 25.3 Å². The summed E-state index contributed by atoms with van der Waals surface area (Å²) < 4.78 is 18.2. The highest BCUT2D eigenvalue weighted by Crippen LogP contribution is 2.23. The van der Waals surface area contributed by atoms with Gasteiger partial charge in [-0.25, -0.2) is 9.18 Å². The van der Waals surface area contributed by atoms with Crippen LogP contribution in [-0.4, -0.2) is 18.2 Å². The zero-order chi connectivity index (χ0) is 11.4. The number of aliphatic carboxylic acids is 1. The number of methoxy groups -OCH3 is 1. The average molecular weight is 210 g/mol. The lowest BCUT2D eigenvalue weighted by molar-refractivity contribution is -0.131. The molecule has 4 heteroatoms. The number of rotatable bonds is 3. The molecule has 0 fully saturated rings. The standard InChI is InChI=1S/C11H11FO3/c1-7-5-10(15-2)8(6-9(7)12)3-4-11(13)14/h3-6H,1-2H3,(H,13,14). The molecule has 0 aliphatic carbocycles. The maximum absolute atomic E-state index is 13.2. The van der Waals surface area contributed by atoms with Gasteiger partial charge in [0.25, 0.3) is 0 Å². The van der Waals surface area contributed by atoms with E-state index in [1.54, 1.807) is 6.92 Å². The Hall–Kier alpha value is -1.84. The molecule has 0 bridgehead atoms. The normalized spacial score (nSPS) is 10.6. The number of hydrogen-bond donors (Lipinski definition) is 1. The van der Waals surface area contributed by atoms with E-state index in [0.717, 1.165) is 6.08 Å². The number of carboxylic acids is 1. The number of hydrogen-bond acceptors (Lipinski definition) is 2. The number of benzene rings is 1. The lowest BCUT2D eigenvalue weighted by Crippen LogP contribution is -1.92. The van der Waals surface area contributed by atoms with Crippen LogP contribution in [0.4, 0.5) is 4.39 Å². The van der Waals surface area contributed by atoms with Crippen molar-refractivity contribution in [2.45, 2.75) is 6.92 Å². The van der Waals surface area contributed by atoms with Gasteiger partial charge in [-0.15, -0.1) is 0 Å². The van der Waals surface area contributed by atoms with Crippen LogP contribution in [-0.2, 0) is 4.79 Å². The Morgan fingerprint density at radius 2 is 2.20 bits per heavy atom. The summed E-state index contributed by atoms with van der Waals surface area (Å²) in [5.41, 5.74) is 0.863. The van der Waals surface area contributed by atoms with Crippen LogP contribution < -0.4 is 4.74 Å². The van der Waals surface area contributed by atoms with E-state index in [1.807, 2.05) is 0 Å². The molecule has 0 aromatic heterocycles. The van der Waals surface area contributed by atoms with E-state index in [9.17, 15) is 9.18 Å². The molecule has 15 heavy (non-hydrogen) atoms. The van der Waals surface area contributed by atoms with Gasteiger partial charge in [0.05, 0.1) is 7.11 Å². The van der Waals surface area contributed by atoms with Crippen LogP contribution in [0.3, 0.4) is 0 Å². The summed E-state index contributed by atoms with van der Waals surface area (Å²) in [4.78, 5) is 10.3. The molecule has 0 radical (unpaired) electrons. The first-order chi connectivity index (χ1) is 7.04. The minimum atomic E-state index is -1.09. The summed E-state index contributed by atoms with van der Waals surface area (Å²) in [6.07, 6.45) is 2.23. The van der Waals surface area contributed by atoms with Gasteiger partial charge in [0.15, 0.2) is 0 Å². The van der Waals surface area contributed by atoms with Crippen molar-refractivity contribution in [2.75, 3.05) is 7.11 Å². The molecule has 0 heterocycles. The third-order valence-corrected chi connectivity index (χ3v) is 1.92. The molecule has 0 saturated carbocycles. The maximum atomic E-state index is 13.2. The van der Waals surface area contributed by atoms with Crippen molar-refractivity contribution >= 4 is 12.0 Å². The molecule has 0 spiro atoms. The number of carbonyl (C=O) groups is 1. The Balaban J connectivity index is 3.16. The van der Waals surface area contributed by atoms with Crippen molar-refractivity contribution in [3.05, 3.63) is 35.2 Å². The lowest BCUT2D eigenvalue weighted by Gasteiger charge is -2.06. The van der Waals surface area contributed by atoms with Gasteiger partial charge < -0.3 is 9.84 Å². The number of halogens is 1. The van der Waals surface area contributed by atoms with E-state index in [4.69, 9.17) is 9.84 Å². The third-order valence-electron chi connectivity index (χ3n) is 1.92. The van der Waals surface area contributed by atoms with Crippen molar-refractivity contribution in [3.8, 4) is 5.75 Å². The van der Waals surface area contributed by atoms with E-state index < -0.39 is 5.97 Å². The molecule has 0 aliphatic heterocycles. The summed E-state index contributed by atoms with van der Waals surface area (Å²) in [5.74, 6) is -1.02. The van der Waals surface area contributed by atoms with Crippen molar-refractivity contribution in [1.29, 1.82) is 0 Å². The molecule has 0 atom stereocenters. The molecule has 3 nitrogen and oxygen atoms in total. The second kappa shape index (κ2) is 4.59. The van der Waals surface area contributed by atoms with Crippen LogP contribution in [0.25, 0.3) is 6.08 Å². The molecule has 1 N–H and O–H groups in total. The Kier molecular flexibility index (Phi) is 3.44. The Morgan fingerprint density at radius 1 is 1.53 bits per heavy atom. The van der Waals surface area contributed by atoms with Gasteiger partial charge in [-0.1, -0.05) is 0 Å². The van der Waals surface area contributed by atoms with Gasteiger partial charge >= 0.3 is 5.97 Å². The molecule has 80 valence electrons. The van der Waals surface area contributed by atoms with Crippen LogP contribution in [0.5, 0.6) is 5.75 Å². The van der Waals surface area contributed by atoms with E-state index in [0.29, 0.717) is 16.9 Å². The first-order valence-corrected chi connectivity index (χ1v) is 4.29. The Bertz CT molecular complexity index is 411. The number of ether oxygens (including phenoxy) is 1. The topological polar surface area (TPSA) is 46.5 Å². The molecular weight excluding hydrogens is 199 g/mol. The van der Waals surface area contributed by atoms with Gasteiger partial charge in [-0.05, 0) is 30.7 Å². The van der Waals surface area contributed by atoms with Crippen molar-refractivity contribution in [1.82, 2.24) is 0 Å². The summed E-state index contributed by atoms with van der Waals surface area (Å²) in [5, 5.41) is 8.44. The molecular formula is C11H11FO3. The molecule has 1 aromatic rings. The summed E-state index contributed by atoms with van der Waals surface area (Å²) in [7, 11) is 1.45. The second-order valence-corrected chi connectivity index (χ2v) is 3.01. The summed E-state index contributed by atoms with van der Waals surface area (Å²) in [6.45, 7) is 1.61. The molecule has 0 unspecified atom stereocenters. The molecule has 1 rings (SSSR count). The van der Waals surface area contributed by atoms with Crippen molar-refractivity contribution < 1.29 is 19.0 Å². The molecule has 1 aromatic carbocycles. The number of aryl methyl sites for hydroxylation is 1. The van der Waals surface area contributed by atoms with E-state index >= 15 is 0 Å². The second-order valence-electron chi connectivity index (χ2n) is 3.01. The van der Waals surface area contributed by atoms with Gasteiger partial charge in [0.1, 0.15) is 11.6 Å². The van der Waals surface area contributed by atoms with Crippen LogP contribution in [0, 0.1) is 12.7 Å². The van der Waals surface area contributed by atoms with Crippen LogP contribution in [0.15, 0.2) is 18.2 Å².